The lowest BCUT2D eigenvalue weighted by molar-refractivity contribution is 0.309. The second kappa shape index (κ2) is 54.0. The summed E-state index contributed by atoms with van der Waals surface area (Å²) in [6, 6.07) is 16.0. The highest BCUT2D eigenvalue weighted by Crippen LogP contribution is 2.23. The Balaban J connectivity index is 0.00000124. The van der Waals surface area contributed by atoms with Crippen LogP contribution in [0.1, 0.15) is 12.5 Å². The number of para-hydroxylation sites is 1. The topological polar surface area (TPSA) is 37.9 Å². The zero-order valence-corrected chi connectivity index (χ0v) is 44.3. The van der Waals surface area contributed by atoms with E-state index in [0.717, 1.165) is 22.3 Å². The Morgan fingerprint density at radius 1 is 0.291 bits per heavy atom. The van der Waals surface area contributed by atoms with Gasteiger partial charge in [-0.15, -0.1) is 6.42 Å². The van der Waals surface area contributed by atoms with E-state index >= 15 is 0 Å². The first-order valence-electron chi connectivity index (χ1n) is 22.8. The minimum Gasteiger partial charge on any atom is -0.487 e. The lowest BCUT2D eigenvalue weighted by Crippen LogP contribution is -1.95. The van der Waals surface area contributed by atoms with Gasteiger partial charge in [0.2, 0.25) is 0 Å². The molecule has 0 saturated carbocycles. The maximum Gasteiger partial charge on any atom is 0.147 e. The molecule has 2 aromatic carbocycles. The minimum absolute atomic E-state index is 0.562. The van der Waals surface area contributed by atoms with Crippen molar-refractivity contribution in [3.63, 3.8) is 0 Å². The van der Waals surface area contributed by atoms with Crippen LogP contribution in [-0.2, 0) is 6.61 Å². The lowest BCUT2D eigenvalue weighted by atomic mass is 10.2. The van der Waals surface area contributed by atoms with E-state index in [0.29, 0.717) is 6.61 Å². The normalized spacial score (nSPS) is 5.26. The van der Waals surface area contributed by atoms with Crippen molar-refractivity contribution in [3.05, 3.63) is 60.4 Å². The summed E-state index contributed by atoms with van der Waals surface area (Å²) in [4.78, 5) is 7.32. The SMILES string of the molecule is C#CC#CC#CC#CC#CC#CC#CC#CC#CC#CC#CC#CC#CC#CC#CC#CC#CC#CC#CC#CC#CC#CC#CC#CC#CC#CC#CC#CC#CC#CC#CC#CC#CC#CC.c1ccc(COc2cccc3[nH]cnc23)cc1. The summed E-state index contributed by atoms with van der Waals surface area (Å²) in [5.41, 5.74) is 3.03. The molecule has 0 fully saturated rings. The number of imidazole rings is 1. The smallest absolute Gasteiger partial charge is 0.147 e. The second-order valence-electron chi connectivity index (χ2n) is 12.3. The molecule has 0 aliphatic rings. The molecule has 0 saturated heterocycles. The van der Waals surface area contributed by atoms with Crippen molar-refractivity contribution in [1.29, 1.82) is 0 Å². The van der Waals surface area contributed by atoms with Crippen LogP contribution < -0.4 is 4.74 Å². The average molecular weight is 1060 g/mol. The van der Waals surface area contributed by atoms with Crippen LogP contribution in [0.3, 0.4) is 0 Å². The second-order valence-corrected chi connectivity index (χ2v) is 12.3. The number of aromatic nitrogens is 2. The van der Waals surface area contributed by atoms with E-state index in [2.05, 4.69) is 407 Å². The van der Waals surface area contributed by atoms with E-state index in [1.54, 1.807) is 13.3 Å². The van der Waals surface area contributed by atoms with Gasteiger partial charge in [0.1, 0.15) is 17.9 Å². The molecule has 0 atom stereocenters. The van der Waals surface area contributed by atoms with Gasteiger partial charge in [0.05, 0.1) is 11.8 Å². The number of terminal acetylenes is 1. The standard InChI is InChI=1S/C69H4.C14H12N2O/c1-3-5-7-9-11-13-15-17-19-21-23-25-27-29-31-33-35-37-39-41-43-45-47-49-51-53-55-57-59-61-63-65-67-69-68-66-64-62-60-58-56-54-52-50-48-46-44-42-40-38-36-34-32-30-28-26-24-22-20-18-16-14-12-10-8-6-4-2;1-2-5-11(6-3-1)9-17-13-8-4-7-12-14(13)16-10-15-12/h1H,2H3;1-8,10H,9H2,(H,15,16). The third kappa shape index (κ3) is 43.2. The van der Waals surface area contributed by atoms with Crippen LogP contribution in [0, 0.1) is 403 Å². The van der Waals surface area contributed by atoms with Crippen molar-refractivity contribution in [1.82, 2.24) is 9.97 Å². The highest BCUT2D eigenvalue weighted by atomic mass is 16.5. The molecule has 86 heavy (non-hydrogen) atoms. The molecule has 0 radical (unpaired) electrons. The van der Waals surface area contributed by atoms with Gasteiger partial charge in [-0.2, -0.15) is 0 Å². The molecule has 1 N–H and O–H groups in total. The fourth-order valence-electron chi connectivity index (χ4n) is 3.86. The predicted molar refractivity (Wildman–Crippen MR) is 338 cm³/mol. The van der Waals surface area contributed by atoms with Gasteiger partial charge in [0.15, 0.2) is 0 Å². The minimum atomic E-state index is 0.562. The molecule has 0 aliphatic carbocycles. The summed E-state index contributed by atoms with van der Waals surface area (Å²) in [5.74, 6) is 168. The Labute approximate surface area is 505 Å². The molecule has 1 aromatic heterocycles. The molecular formula is C83H16N2O. The van der Waals surface area contributed by atoms with Crippen molar-refractivity contribution in [3.8, 4) is 409 Å². The summed E-state index contributed by atoms with van der Waals surface area (Å²) in [6.45, 7) is 2.25. The molecular weight excluding hydrogens is 1040 g/mol. The van der Waals surface area contributed by atoms with Crippen molar-refractivity contribution in [2.24, 2.45) is 0 Å². The summed E-state index contributed by atoms with van der Waals surface area (Å²) < 4.78 is 5.78. The number of hydrogen-bond donors (Lipinski definition) is 1. The zero-order valence-electron chi connectivity index (χ0n) is 44.3. The zero-order chi connectivity index (χ0) is 60.9. The van der Waals surface area contributed by atoms with Crippen LogP contribution in [0.25, 0.3) is 11.0 Å². The maximum absolute atomic E-state index is 5.78. The Hall–Kier alpha value is -17.3. The van der Waals surface area contributed by atoms with Gasteiger partial charge in [-0.25, -0.2) is 4.98 Å². The van der Waals surface area contributed by atoms with Gasteiger partial charge in [-0.1, -0.05) is 42.3 Å². The molecule has 3 nitrogen and oxygen atoms in total. The highest BCUT2D eigenvalue weighted by Gasteiger charge is 2.04. The van der Waals surface area contributed by atoms with Gasteiger partial charge in [-0.05, 0) is 119 Å². The van der Waals surface area contributed by atoms with Crippen molar-refractivity contribution < 1.29 is 4.74 Å². The summed E-state index contributed by atoms with van der Waals surface area (Å²) >= 11 is 0. The van der Waals surface area contributed by atoms with Gasteiger partial charge in [0, 0.05) is 296 Å². The van der Waals surface area contributed by atoms with Gasteiger partial charge < -0.3 is 9.72 Å². The van der Waals surface area contributed by atoms with E-state index in [4.69, 9.17) is 11.2 Å². The molecule has 1 heterocycles. The number of nitrogens with zero attached hydrogens (tertiary/aromatic N) is 1. The number of rotatable bonds is 3. The Kier molecular flexibility index (Phi) is 40.7. The fourth-order valence-corrected chi connectivity index (χ4v) is 3.86. The van der Waals surface area contributed by atoms with E-state index in [1.165, 1.54) is 0 Å². The summed E-state index contributed by atoms with van der Waals surface area (Å²) in [6.07, 6.45) is 6.63. The third-order valence-corrected chi connectivity index (χ3v) is 6.85. The summed E-state index contributed by atoms with van der Waals surface area (Å²) in [7, 11) is 0. The molecule has 0 spiro atoms. The van der Waals surface area contributed by atoms with Gasteiger partial charge in [-0.3, -0.25) is 0 Å². The Bertz CT molecular complexity index is 5590. The molecule has 0 aliphatic heterocycles. The highest BCUT2D eigenvalue weighted by molar-refractivity contribution is 5.81. The quantitative estimate of drug-likeness (QED) is 0.405. The molecule has 0 amide bonds. The first kappa shape index (κ1) is 64.9. The largest absolute Gasteiger partial charge is 0.487 e. The third-order valence-electron chi connectivity index (χ3n) is 6.85. The van der Waals surface area contributed by atoms with Crippen molar-refractivity contribution in [2.75, 3.05) is 0 Å². The van der Waals surface area contributed by atoms with Gasteiger partial charge >= 0.3 is 0 Å². The van der Waals surface area contributed by atoms with Crippen LogP contribution in [0.5, 0.6) is 5.75 Å². The van der Waals surface area contributed by atoms with E-state index < -0.39 is 0 Å². The molecule has 364 valence electrons. The van der Waals surface area contributed by atoms with E-state index in [9.17, 15) is 0 Å². The van der Waals surface area contributed by atoms with Crippen molar-refractivity contribution >= 4 is 11.0 Å². The van der Waals surface area contributed by atoms with Crippen LogP contribution >= 0.6 is 0 Å². The number of H-pyrrole nitrogens is 1. The maximum atomic E-state index is 5.78. The van der Waals surface area contributed by atoms with Crippen molar-refractivity contribution in [2.45, 2.75) is 13.5 Å². The number of nitrogens with one attached hydrogen (secondary N) is 1. The lowest BCUT2D eigenvalue weighted by Gasteiger charge is -2.06. The van der Waals surface area contributed by atoms with Crippen LogP contribution in [0.15, 0.2) is 54.9 Å². The number of ether oxygens (including phenoxy) is 1. The average Bonchev–Trinajstić information content (AvgIpc) is 3.40. The van der Waals surface area contributed by atoms with Crippen LogP contribution in [0.2, 0.25) is 0 Å². The van der Waals surface area contributed by atoms with Gasteiger partial charge in [0.25, 0.3) is 0 Å². The number of hydrogen-bond acceptors (Lipinski definition) is 2. The fraction of sp³-hybridized carbons (Fsp3) is 0.0241. The predicted octanol–water partition coefficient (Wildman–Crippen LogP) is 3.89. The molecule has 3 heteroatoms. The molecule has 0 bridgehead atoms. The summed E-state index contributed by atoms with van der Waals surface area (Å²) in [5, 5.41) is 0. The first-order valence-corrected chi connectivity index (χ1v) is 22.8. The first-order chi connectivity index (χ1) is 42.8. The Morgan fingerprint density at radius 2 is 0.523 bits per heavy atom. The Morgan fingerprint density at radius 3 is 0.756 bits per heavy atom. The molecule has 3 aromatic rings. The number of benzene rings is 2. The van der Waals surface area contributed by atoms with Crippen LogP contribution in [-0.4, -0.2) is 9.97 Å². The van der Waals surface area contributed by atoms with E-state index in [-0.39, 0.29) is 0 Å². The molecule has 3 rings (SSSR count). The number of aromatic amines is 1. The molecule has 0 unspecified atom stereocenters. The van der Waals surface area contributed by atoms with E-state index in [1.807, 2.05) is 48.5 Å². The number of fused-ring (bicyclic) bond motifs is 1. The van der Waals surface area contributed by atoms with Crippen LogP contribution in [0.4, 0.5) is 0 Å². The monoisotopic (exact) mass is 1060 g/mol.